The van der Waals surface area contributed by atoms with Gasteiger partial charge in [-0.15, -0.1) is 0 Å². The number of hydrogen-bond donors (Lipinski definition) is 1. The van der Waals surface area contributed by atoms with Crippen molar-refractivity contribution >= 4 is 0 Å². The minimum atomic E-state index is 0.516. The van der Waals surface area contributed by atoms with E-state index in [1.165, 1.54) is 51.4 Å². The Hall–Kier alpha value is -0.0800. The third kappa shape index (κ3) is 2.68. The summed E-state index contributed by atoms with van der Waals surface area (Å²) >= 11 is 0. The van der Waals surface area contributed by atoms with E-state index in [1.807, 2.05) is 0 Å². The molecule has 2 aliphatic rings. The number of rotatable bonds is 7. The average Bonchev–Trinajstić information content (AvgIpc) is 2.84. The standard InChI is InChI=1S/C15H29NO/c1-3-5-8-11-17-14-12-13(16-4-2)15(14)9-6-7-10-15/h13-14,16H,3-12H2,1-2H3. The van der Waals surface area contributed by atoms with Crippen LogP contribution in [0.5, 0.6) is 0 Å². The second-order valence-corrected chi connectivity index (χ2v) is 5.85. The van der Waals surface area contributed by atoms with E-state index in [2.05, 4.69) is 19.2 Å². The van der Waals surface area contributed by atoms with E-state index < -0.39 is 0 Å². The van der Waals surface area contributed by atoms with Crippen molar-refractivity contribution in [2.75, 3.05) is 13.2 Å². The van der Waals surface area contributed by atoms with E-state index in [9.17, 15) is 0 Å². The number of ether oxygens (including phenoxy) is 1. The third-order valence-electron chi connectivity index (χ3n) is 4.84. The highest BCUT2D eigenvalue weighted by atomic mass is 16.5. The van der Waals surface area contributed by atoms with Crippen LogP contribution in [-0.2, 0) is 4.74 Å². The molecule has 1 spiro atoms. The van der Waals surface area contributed by atoms with Crippen LogP contribution in [0.4, 0.5) is 0 Å². The molecule has 2 unspecified atom stereocenters. The first kappa shape index (κ1) is 13.4. The zero-order chi connectivity index (χ0) is 12.1. The Morgan fingerprint density at radius 2 is 1.94 bits per heavy atom. The van der Waals surface area contributed by atoms with Crippen molar-refractivity contribution in [2.24, 2.45) is 5.41 Å². The van der Waals surface area contributed by atoms with Gasteiger partial charge in [0.2, 0.25) is 0 Å². The van der Waals surface area contributed by atoms with E-state index >= 15 is 0 Å². The Morgan fingerprint density at radius 1 is 1.18 bits per heavy atom. The maximum absolute atomic E-state index is 6.15. The molecule has 2 saturated carbocycles. The Labute approximate surface area is 107 Å². The lowest BCUT2D eigenvalue weighted by Crippen LogP contribution is -2.62. The Morgan fingerprint density at radius 3 is 2.59 bits per heavy atom. The highest BCUT2D eigenvalue weighted by Crippen LogP contribution is 2.54. The molecular weight excluding hydrogens is 210 g/mol. The van der Waals surface area contributed by atoms with Gasteiger partial charge >= 0.3 is 0 Å². The van der Waals surface area contributed by atoms with Crippen molar-refractivity contribution < 1.29 is 4.74 Å². The molecule has 1 N–H and O–H groups in total. The SMILES string of the molecule is CCCCCOC1CC(NCC)C12CCCC2. The second-order valence-electron chi connectivity index (χ2n) is 5.85. The van der Waals surface area contributed by atoms with Gasteiger partial charge in [0.15, 0.2) is 0 Å². The highest BCUT2D eigenvalue weighted by molar-refractivity contribution is 5.09. The minimum Gasteiger partial charge on any atom is -0.378 e. The summed E-state index contributed by atoms with van der Waals surface area (Å²) in [6.07, 6.45) is 11.3. The van der Waals surface area contributed by atoms with E-state index in [1.54, 1.807) is 0 Å². The van der Waals surface area contributed by atoms with Crippen LogP contribution >= 0.6 is 0 Å². The fraction of sp³-hybridized carbons (Fsp3) is 1.00. The third-order valence-corrected chi connectivity index (χ3v) is 4.84. The fourth-order valence-electron chi connectivity index (χ4n) is 3.80. The molecule has 0 heterocycles. The molecule has 0 bridgehead atoms. The van der Waals surface area contributed by atoms with Gasteiger partial charge in [-0.25, -0.2) is 0 Å². The molecule has 0 radical (unpaired) electrons. The molecule has 0 aromatic heterocycles. The van der Waals surface area contributed by atoms with Gasteiger partial charge in [-0.05, 0) is 32.2 Å². The fourth-order valence-corrected chi connectivity index (χ4v) is 3.80. The number of hydrogen-bond acceptors (Lipinski definition) is 2. The summed E-state index contributed by atoms with van der Waals surface area (Å²) in [7, 11) is 0. The molecule has 2 aliphatic carbocycles. The summed E-state index contributed by atoms with van der Waals surface area (Å²) < 4.78 is 6.15. The lowest BCUT2D eigenvalue weighted by molar-refractivity contribution is -0.133. The number of unbranched alkanes of at least 4 members (excludes halogenated alkanes) is 2. The first-order valence-electron chi connectivity index (χ1n) is 7.68. The van der Waals surface area contributed by atoms with Crippen LogP contribution in [0, 0.1) is 5.41 Å². The largest absolute Gasteiger partial charge is 0.378 e. The maximum Gasteiger partial charge on any atom is 0.0661 e. The first-order chi connectivity index (χ1) is 8.33. The van der Waals surface area contributed by atoms with E-state index in [0.717, 1.165) is 19.2 Å². The van der Waals surface area contributed by atoms with Gasteiger partial charge in [-0.3, -0.25) is 0 Å². The predicted octanol–water partition coefficient (Wildman–Crippen LogP) is 3.50. The van der Waals surface area contributed by atoms with Crippen LogP contribution in [0.1, 0.15) is 65.2 Å². The number of nitrogens with one attached hydrogen (secondary N) is 1. The van der Waals surface area contributed by atoms with Crippen molar-refractivity contribution in [1.29, 1.82) is 0 Å². The molecule has 0 aromatic rings. The van der Waals surface area contributed by atoms with Gasteiger partial charge in [0.05, 0.1) is 6.10 Å². The molecule has 2 rings (SSSR count). The molecule has 0 aromatic carbocycles. The van der Waals surface area contributed by atoms with Gasteiger partial charge < -0.3 is 10.1 Å². The molecular formula is C15H29NO. The summed E-state index contributed by atoms with van der Waals surface area (Å²) in [5.41, 5.74) is 0.516. The van der Waals surface area contributed by atoms with Crippen LogP contribution < -0.4 is 5.32 Å². The van der Waals surface area contributed by atoms with Crippen molar-refractivity contribution in [1.82, 2.24) is 5.32 Å². The van der Waals surface area contributed by atoms with Crippen molar-refractivity contribution in [3.05, 3.63) is 0 Å². The predicted molar refractivity (Wildman–Crippen MR) is 72.2 cm³/mol. The van der Waals surface area contributed by atoms with E-state index in [-0.39, 0.29) is 0 Å². The maximum atomic E-state index is 6.15. The van der Waals surface area contributed by atoms with Gasteiger partial charge in [-0.1, -0.05) is 39.5 Å². The smallest absolute Gasteiger partial charge is 0.0661 e. The topological polar surface area (TPSA) is 21.3 Å². The Balaban J connectivity index is 1.79. The summed E-state index contributed by atoms with van der Waals surface area (Å²) in [5, 5.41) is 3.67. The van der Waals surface area contributed by atoms with Crippen molar-refractivity contribution in [2.45, 2.75) is 77.4 Å². The van der Waals surface area contributed by atoms with Crippen LogP contribution in [0.25, 0.3) is 0 Å². The summed E-state index contributed by atoms with van der Waals surface area (Å²) in [6.45, 7) is 6.56. The van der Waals surface area contributed by atoms with Gasteiger partial charge in [0.1, 0.15) is 0 Å². The molecule has 2 nitrogen and oxygen atoms in total. The first-order valence-corrected chi connectivity index (χ1v) is 7.68. The van der Waals surface area contributed by atoms with Crippen LogP contribution in [0.15, 0.2) is 0 Å². The van der Waals surface area contributed by atoms with Gasteiger partial charge in [0, 0.05) is 18.1 Å². The molecule has 0 saturated heterocycles. The molecule has 2 fully saturated rings. The second kappa shape index (κ2) is 6.19. The van der Waals surface area contributed by atoms with Crippen LogP contribution in [0.3, 0.4) is 0 Å². The molecule has 0 amide bonds. The Bertz CT molecular complexity index is 223. The Kier molecular flexibility index (Phi) is 4.87. The van der Waals surface area contributed by atoms with E-state index in [4.69, 9.17) is 4.74 Å². The summed E-state index contributed by atoms with van der Waals surface area (Å²) in [6, 6.07) is 0.742. The lowest BCUT2D eigenvalue weighted by atomic mass is 9.60. The van der Waals surface area contributed by atoms with Crippen molar-refractivity contribution in [3.8, 4) is 0 Å². The molecule has 0 aliphatic heterocycles. The normalized spacial score (nSPS) is 30.7. The zero-order valence-electron chi connectivity index (χ0n) is 11.6. The average molecular weight is 239 g/mol. The molecule has 2 atom stereocenters. The summed E-state index contributed by atoms with van der Waals surface area (Å²) in [5.74, 6) is 0. The molecule has 100 valence electrons. The highest BCUT2D eigenvalue weighted by Gasteiger charge is 2.56. The van der Waals surface area contributed by atoms with Crippen LogP contribution in [0.2, 0.25) is 0 Å². The quantitative estimate of drug-likeness (QED) is 0.687. The van der Waals surface area contributed by atoms with E-state index in [0.29, 0.717) is 11.5 Å². The molecule has 17 heavy (non-hydrogen) atoms. The lowest BCUT2D eigenvalue weighted by Gasteiger charge is -2.54. The summed E-state index contributed by atoms with van der Waals surface area (Å²) in [4.78, 5) is 0. The van der Waals surface area contributed by atoms with Crippen LogP contribution in [-0.4, -0.2) is 25.3 Å². The minimum absolute atomic E-state index is 0.516. The molecule has 2 heteroatoms. The zero-order valence-corrected chi connectivity index (χ0v) is 11.6. The van der Waals surface area contributed by atoms with Crippen molar-refractivity contribution in [3.63, 3.8) is 0 Å². The van der Waals surface area contributed by atoms with Gasteiger partial charge in [-0.2, -0.15) is 0 Å². The van der Waals surface area contributed by atoms with Gasteiger partial charge in [0.25, 0.3) is 0 Å². The monoisotopic (exact) mass is 239 g/mol.